The Balaban J connectivity index is 2.27. The number of alkyl halides is 3. The molecule has 0 saturated heterocycles. The van der Waals surface area contributed by atoms with Gasteiger partial charge in [-0.15, -0.1) is 0 Å². The molecule has 140 valence electrons. The molecule has 26 heavy (non-hydrogen) atoms. The number of urea groups is 1. The number of amides is 2. The molecule has 11 heteroatoms. The quantitative estimate of drug-likeness (QED) is 0.466. The number of nitrogens with zero attached hydrogens (tertiary/aromatic N) is 2. The van der Waals surface area contributed by atoms with Crippen molar-refractivity contribution in [2.24, 2.45) is 5.84 Å². The molecule has 0 saturated carbocycles. The number of aromatic nitrogens is 1. The molecule has 2 amide bonds. The molecular formula is C15H16ClF3N6O. The van der Waals surface area contributed by atoms with Gasteiger partial charge in [0.2, 0.25) is 0 Å². The van der Waals surface area contributed by atoms with Crippen molar-refractivity contribution in [1.82, 2.24) is 15.9 Å². The lowest BCUT2D eigenvalue weighted by Gasteiger charge is -2.24. The number of nitrogens with one attached hydrogen (secondary N) is 3. The van der Waals surface area contributed by atoms with Crippen LogP contribution in [0.15, 0.2) is 36.5 Å². The van der Waals surface area contributed by atoms with Crippen LogP contribution in [-0.4, -0.2) is 18.1 Å². The number of para-hydroxylation sites is 1. The van der Waals surface area contributed by atoms with Gasteiger partial charge in [-0.05, 0) is 24.3 Å². The number of carbonyl (C=O) groups excluding carboxylic acids is 1. The predicted molar refractivity (Wildman–Crippen MR) is 92.3 cm³/mol. The lowest BCUT2D eigenvalue weighted by Crippen LogP contribution is -2.44. The summed E-state index contributed by atoms with van der Waals surface area (Å²) in [6.07, 6.45) is -3.36. The van der Waals surface area contributed by atoms with E-state index >= 15 is 0 Å². The second-order valence-electron chi connectivity index (χ2n) is 5.25. The first-order valence-electron chi connectivity index (χ1n) is 7.26. The molecule has 2 aromatic rings. The van der Waals surface area contributed by atoms with Crippen molar-refractivity contribution in [3.05, 3.63) is 52.8 Å². The predicted octanol–water partition coefficient (Wildman–Crippen LogP) is 2.89. The summed E-state index contributed by atoms with van der Waals surface area (Å²) in [5.74, 6) is 5.00. The Hall–Kier alpha value is -2.56. The number of hydrogen-bond acceptors (Lipinski definition) is 5. The smallest absolute Gasteiger partial charge is 0.366 e. The lowest BCUT2D eigenvalue weighted by atomic mass is 10.2. The number of hydrazine groups is 2. The highest BCUT2D eigenvalue weighted by Crippen LogP contribution is 2.34. The number of anilines is 2. The maximum absolute atomic E-state index is 12.8. The molecule has 1 aromatic heterocycles. The van der Waals surface area contributed by atoms with Crippen molar-refractivity contribution in [3.63, 3.8) is 0 Å². The zero-order valence-corrected chi connectivity index (χ0v) is 14.3. The van der Waals surface area contributed by atoms with Gasteiger partial charge >= 0.3 is 12.2 Å². The van der Waals surface area contributed by atoms with E-state index < -0.39 is 17.8 Å². The molecule has 5 N–H and O–H groups in total. The van der Waals surface area contributed by atoms with Gasteiger partial charge in [-0.2, -0.15) is 18.7 Å². The highest BCUT2D eigenvalue weighted by molar-refractivity contribution is 6.34. The molecule has 0 aliphatic rings. The summed E-state index contributed by atoms with van der Waals surface area (Å²) in [5.41, 5.74) is 4.29. The van der Waals surface area contributed by atoms with Crippen molar-refractivity contribution in [3.8, 4) is 0 Å². The number of rotatable bonds is 5. The van der Waals surface area contributed by atoms with E-state index in [9.17, 15) is 18.0 Å². The highest BCUT2D eigenvalue weighted by Gasteiger charge is 2.30. The Morgan fingerprint density at radius 3 is 2.73 bits per heavy atom. The number of benzene rings is 1. The summed E-state index contributed by atoms with van der Waals surface area (Å²) in [6.45, 7) is 0.0408. The van der Waals surface area contributed by atoms with Crippen LogP contribution in [0.5, 0.6) is 0 Å². The third-order valence-corrected chi connectivity index (χ3v) is 3.65. The summed E-state index contributed by atoms with van der Waals surface area (Å²) in [5, 5.41) is 2.84. The fourth-order valence-electron chi connectivity index (χ4n) is 2.29. The molecule has 0 aliphatic heterocycles. The van der Waals surface area contributed by atoms with Gasteiger partial charge in [0.1, 0.15) is 0 Å². The Kier molecular flexibility index (Phi) is 6.24. The van der Waals surface area contributed by atoms with Crippen molar-refractivity contribution in [1.29, 1.82) is 0 Å². The van der Waals surface area contributed by atoms with Crippen LogP contribution in [0, 0.1) is 0 Å². The van der Waals surface area contributed by atoms with Crippen molar-refractivity contribution in [2.75, 3.05) is 17.3 Å². The van der Waals surface area contributed by atoms with E-state index in [1.807, 2.05) is 5.53 Å². The van der Waals surface area contributed by atoms with Gasteiger partial charge in [-0.1, -0.05) is 17.7 Å². The number of nitrogens with two attached hydrogens (primary N) is 1. The van der Waals surface area contributed by atoms with E-state index in [0.717, 1.165) is 18.3 Å². The molecule has 0 unspecified atom stereocenters. The summed E-state index contributed by atoms with van der Waals surface area (Å²) < 4.78 is 38.5. The molecule has 1 aromatic carbocycles. The highest BCUT2D eigenvalue weighted by atomic mass is 35.5. The second kappa shape index (κ2) is 8.21. The van der Waals surface area contributed by atoms with E-state index in [2.05, 4.69) is 15.7 Å². The average Bonchev–Trinajstić information content (AvgIpc) is 2.54. The minimum atomic E-state index is -4.46. The molecule has 0 aliphatic carbocycles. The third kappa shape index (κ3) is 4.97. The molecule has 1 heterocycles. The summed E-state index contributed by atoms with van der Waals surface area (Å²) >= 11 is 6.20. The monoisotopic (exact) mass is 388 g/mol. The van der Waals surface area contributed by atoms with Gasteiger partial charge in [0.05, 0.1) is 34.2 Å². The van der Waals surface area contributed by atoms with Gasteiger partial charge in [0.15, 0.2) is 0 Å². The van der Waals surface area contributed by atoms with E-state index in [0.29, 0.717) is 16.4 Å². The molecule has 2 rings (SSSR count). The SMILES string of the molecule is CN(Cc1cc(C(F)(F)F)ccn1)c1c(Cl)cccc1NC(=O)NNN. The van der Waals surface area contributed by atoms with Gasteiger partial charge in [-0.25, -0.2) is 4.79 Å². The molecule has 7 nitrogen and oxygen atoms in total. The van der Waals surface area contributed by atoms with Crippen LogP contribution in [0.1, 0.15) is 11.3 Å². The molecule has 0 bridgehead atoms. The van der Waals surface area contributed by atoms with Crippen LogP contribution in [0.25, 0.3) is 0 Å². The van der Waals surface area contributed by atoms with Crippen molar-refractivity contribution in [2.45, 2.75) is 12.7 Å². The van der Waals surface area contributed by atoms with E-state index in [1.54, 1.807) is 30.1 Å². The van der Waals surface area contributed by atoms with Gasteiger partial charge in [0.25, 0.3) is 0 Å². The Morgan fingerprint density at radius 2 is 2.08 bits per heavy atom. The lowest BCUT2D eigenvalue weighted by molar-refractivity contribution is -0.137. The Bertz CT molecular complexity index is 786. The van der Waals surface area contributed by atoms with Gasteiger partial charge in [0, 0.05) is 13.2 Å². The van der Waals surface area contributed by atoms with Gasteiger partial charge < -0.3 is 10.2 Å². The Labute approximate surface area is 152 Å². The van der Waals surface area contributed by atoms with E-state index in [-0.39, 0.29) is 12.2 Å². The zero-order chi connectivity index (χ0) is 19.3. The third-order valence-electron chi connectivity index (χ3n) is 3.35. The fourth-order valence-corrected chi connectivity index (χ4v) is 2.61. The topological polar surface area (TPSA) is 95.3 Å². The van der Waals surface area contributed by atoms with Crippen molar-refractivity contribution < 1.29 is 18.0 Å². The van der Waals surface area contributed by atoms with Crippen LogP contribution in [0.3, 0.4) is 0 Å². The molecule has 0 radical (unpaired) electrons. The second-order valence-corrected chi connectivity index (χ2v) is 5.66. The molecule has 0 atom stereocenters. The first-order valence-corrected chi connectivity index (χ1v) is 7.64. The first-order chi connectivity index (χ1) is 12.2. The zero-order valence-electron chi connectivity index (χ0n) is 13.6. The first kappa shape index (κ1) is 19.8. The van der Waals surface area contributed by atoms with Gasteiger partial charge in [-0.3, -0.25) is 16.3 Å². The van der Waals surface area contributed by atoms with E-state index in [1.165, 1.54) is 0 Å². The minimum Gasteiger partial charge on any atom is -0.366 e. The van der Waals surface area contributed by atoms with E-state index in [4.69, 9.17) is 17.4 Å². The van der Waals surface area contributed by atoms with Crippen molar-refractivity contribution >= 4 is 29.0 Å². The van der Waals surface area contributed by atoms with Crippen LogP contribution >= 0.6 is 11.6 Å². The minimum absolute atomic E-state index is 0.0408. The van der Waals surface area contributed by atoms with Crippen LogP contribution in [0.4, 0.5) is 29.3 Å². The number of hydrogen-bond donors (Lipinski definition) is 4. The van der Waals surface area contributed by atoms with Crippen LogP contribution in [-0.2, 0) is 12.7 Å². The van der Waals surface area contributed by atoms with Crippen LogP contribution in [0.2, 0.25) is 5.02 Å². The fraction of sp³-hybridized carbons (Fsp3) is 0.200. The number of carbonyl (C=O) groups is 1. The summed E-state index contributed by atoms with van der Waals surface area (Å²) in [4.78, 5) is 17.2. The largest absolute Gasteiger partial charge is 0.416 e. The normalized spacial score (nSPS) is 11.2. The standard InChI is InChI=1S/C15H16ClF3N6O/c1-25(8-10-7-9(5-6-21-10)15(17,18)19)13-11(16)3-2-4-12(13)22-14(26)23-24-20/h2-7,24H,8,20H2,1H3,(H2,22,23,26). The number of halogens is 4. The molecule has 0 spiro atoms. The molecule has 0 fully saturated rings. The maximum atomic E-state index is 12.8. The summed E-state index contributed by atoms with van der Waals surface area (Å²) in [7, 11) is 1.62. The Morgan fingerprint density at radius 1 is 1.35 bits per heavy atom. The maximum Gasteiger partial charge on any atom is 0.416 e. The number of pyridine rings is 1. The molecular weight excluding hydrogens is 373 g/mol. The average molecular weight is 389 g/mol. The van der Waals surface area contributed by atoms with Crippen LogP contribution < -0.4 is 27.0 Å². The summed E-state index contributed by atoms with van der Waals surface area (Å²) in [6, 6.07) is 6.03.